The van der Waals surface area contributed by atoms with E-state index in [4.69, 9.17) is 5.11 Å². The molecule has 0 bridgehead atoms. The highest BCUT2D eigenvalue weighted by Crippen LogP contribution is 2.25. The third-order valence-electron chi connectivity index (χ3n) is 1.97. The second-order valence-electron chi connectivity index (χ2n) is 2.82. The zero-order valence-corrected chi connectivity index (χ0v) is 7.39. The zero-order chi connectivity index (χ0) is 9.03. The highest BCUT2D eigenvalue weighted by atomic mass is 32.2. The normalized spacial score (nSPS) is 21.3. The average Bonchev–Trinajstić information content (AvgIpc) is 2.05. The number of carboxylic acid groups (broad SMARTS) is 1. The molecule has 0 atom stereocenters. The Kier molecular flexibility index (Phi) is 2.97. The molecule has 1 aliphatic heterocycles. The minimum absolute atomic E-state index is 0.605. The van der Waals surface area contributed by atoms with E-state index >= 15 is 0 Å². The van der Waals surface area contributed by atoms with Crippen LogP contribution < -0.4 is 5.32 Å². The van der Waals surface area contributed by atoms with Gasteiger partial charge in [0, 0.05) is 0 Å². The summed E-state index contributed by atoms with van der Waals surface area (Å²) in [6.07, 6.45) is 0.816. The number of nitrogens with one attached hydrogen (secondary N) is 1. The van der Waals surface area contributed by atoms with Gasteiger partial charge in [0.05, 0.1) is 0 Å². The predicted octanol–water partition coefficient (Wildman–Crippen LogP) is 0.719. The highest BCUT2D eigenvalue weighted by Gasteiger charge is 2.33. The molecule has 1 aliphatic rings. The molecular formula is C7H11NO3S. The largest absolute Gasteiger partial charge is 0.465 e. The van der Waals surface area contributed by atoms with Crippen molar-refractivity contribution in [3.05, 3.63) is 0 Å². The highest BCUT2D eigenvalue weighted by molar-refractivity contribution is 7.99. The third kappa shape index (κ3) is 2.14. The lowest BCUT2D eigenvalue weighted by Crippen LogP contribution is -2.51. The molecule has 0 saturated carbocycles. The molecule has 1 fully saturated rings. The van der Waals surface area contributed by atoms with Gasteiger partial charge in [-0.25, -0.2) is 4.79 Å². The molecule has 1 amide bonds. The molecule has 1 saturated heterocycles. The molecular weight excluding hydrogens is 178 g/mol. The monoisotopic (exact) mass is 189 g/mol. The van der Waals surface area contributed by atoms with E-state index < -0.39 is 11.6 Å². The van der Waals surface area contributed by atoms with Gasteiger partial charge in [-0.05, 0) is 24.3 Å². The topological polar surface area (TPSA) is 66.4 Å². The van der Waals surface area contributed by atoms with Crippen molar-refractivity contribution < 1.29 is 14.7 Å². The first kappa shape index (κ1) is 9.38. The second kappa shape index (κ2) is 3.80. The fourth-order valence-electron chi connectivity index (χ4n) is 1.22. The molecule has 0 spiro atoms. The molecule has 0 aromatic rings. The van der Waals surface area contributed by atoms with Gasteiger partial charge in [-0.2, -0.15) is 11.8 Å². The van der Waals surface area contributed by atoms with E-state index in [0.717, 1.165) is 17.8 Å². The molecule has 2 N–H and O–H groups in total. The quantitative estimate of drug-likeness (QED) is 0.628. The Morgan fingerprint density at radius 1 is 1.50 bits per heavy atom. The van der Waals surface area contributed by atoms with Crippen LogP contribution in [-0.4, -0.2) is 34.5 Å². The fourth-order valence-corrected chi connectivity index (χ4v) is 2.44. The Bertz CT molecular complexity index is 189. The van der Waals surface area contributed by atoms with Crippen molar-refractivity contribution in [1.82, 2.24) is 5.32 Å². The number of aldehydes is 1. The molecule has 0 unspecified atom stereocenters. The van der Waals surface area contributed by atoms with Crippen molar-refractivity contribution in [2.45, 2.75) is 18.4 Å². The first-order valence-corrected chi connectivity index (χ1v) is 4.89. The molecule has 1 rings (SSSR count). The minimum Gasteiger partial charge on any atom is -0.465 e. The van der Waals surface area contributed by atoms with Gasteiger partial charge in [-0.15, -0.1) is 0 Å². The van der Waals surface area contributed by atoms with Crippen LogP contribution in [0.4, 0.5) is 4.79 Å². The fraction of sp³-hybridized carbons (Fsp3) is 0.714. The van der Waals surface area contributed by atoms with Crippen LogP contribution in [0.1, 0.15) is 12.8 Å². The number of carbonyl (C=O) groups excluding carboxylic acids is 1. The van der Waals surface area contributed by atoms with E-state index in [1.807, 2.05) is 0 Å². The Hall–Kier alpha value is -0.710. The lowest BCUT2D eigenvalue weighted by atomic mass is 9.94. The summed E-state index contributed by atoms with van der Waals surface area (Å²) in [6, 6.07) is 0. The predicted molar refractivity (Wildman–Crippen MR) is 46.5 cm³/mol. The van der Waals surface area contributed by atoms with Gasteiger partial charge in [0.25, 0.3) is 0 Å². The zero-order valence-electron chi connectivity index (χ0n) is 6.58. The summed E-state index contributed by atoms with van der Waals surface area (Å²) in [5.74, 6) is 1.69. The third-order valence-corrected chi connectivity index (χ3v) is 2.95. The maximum atomic E-state index is 10.7. The summed E-state index contributed by atoms with van der Waals surface area (Å²) in [5.41, 5.74) is -0.808. The van der Waals surface area contributed by atoms with Crippen molar-refractivity contribution in [1.29, 1.82) is 0 Å². The number of hydrogen-bond acceptors (Lipinski definition) is 3. The van der Waals surface area contributed by atoms with Gasteiger partial charge < -0.3 is 15.2 Å². The van der Waals surface area contributed by atoms with Crippen LogP contribution in [0.2, 0.25) is 0 Å². The molecule has 0 aromatic heterocycles. The molecule has 1 heterocycles. The van der Waals surface area contributed by atoms with Crippen LogP contribution >= 0.6 is 11.8 Å². The van der Waals surface area contributed by atoms with Gasteiger partial charge in [0.1, 0.15) is 11.8 Å². The van der Waals surface area contributed by atoms with Gasteiger partial charge in [0.2, 0.25) is 0 Å². The second-order valence-corrected chi connectivity index (χ2v) is 4.04. The number of thioether (sulfide) groups is 1. The smallest absolute Gasteiger partial charge is 0.405 e. The maximum absolute atomic E-state index is 10.7. The Balaban J connectivity index is 2.59. The molecule has 4 nitrogen and oxygen atoms in total. The van der Waals surface area contributed by atoms with Crippen molar-refractivity contribution >= 4 is 24.1 Å². The molecule has 0 aromatic carbocycles. The summed E-state index contributed by atoms with van der Waals surface area (Å²) in [7, 11) is 0. The van der Waals surface area contributed by atoms with Gasteiger partial charge >= 0.3 is 6.09 Å². The van der Waals surface area contributed by atoms with E-state index in [9.17, 15) is 9.59 Å². The van der Waals surface area contributed by atoms with E-state index in [1.165, 1.54) is 0 Å². The maximum Gasteiger partial charge on any atom is 0.405 e. The Morgan fingerprint density at radius 2 is 2.08 bits per heavy atom. The SMILES string of the molecule is O=CC1(NC(=O)O)CCSCC1. The van der Waals surface area contributed by atoms with Gasteiger partial charge in [0.15, 0.2) is 0 Å². The summed E-state index contributed by atoms with van der Waals surface area (Å²) < 4.78 is 0. The van der Waals surface area contributed by atoms with Crippen molar-refractivity contribution in [3.63, 3.8) is 0 Å². The van der Waals surface area contributed by atoms with Crippen LogP contribution in [0.3, 0.4) is 0 Å². The van der Waals surface area contributed by atoms with Crippen molar-refractivity contribution in [2.75, 3.05) is 11.5 Å². The summed E-state index contributed by atoms with van der Waals surface area (Å²) in [4.78, 5) is 21.0. The molecule has 12 heavy (non-hydrogen) atoms. The summed E-state index contributed by atoms with van der Waals surface area (Å²) in [6.45, 7) is 0. The molecule has 0 radical (unpaired) electrons. The van der Waals surface area contributed by atoms with Crippen LogP contribution in [0.25, 0.3) is 0 Å². The molecule has 68 valence electrons. The number of hydrogen-bond donors (Lipinski definition) is 2. The van der Waals surface area contributed by atoms with Gasteiger partial charge in [-0.1, -0.05) is 0 Å². The van der Waals surface area contributed by atoms with Crippen molar-refractivity contribution in [3.8, 4) is 0 Å². The van der Waals surface area contributed by atoms with E-state index in [1.54, 1.807) is 11.8 Å². The Labute approximate surface area is 74.7 Å². The van der Waals surface area contributed by atoms with Crippen LogP contribution in [0, 0.1) is 0 Å². The first-order valence-electron chi connectivity index (χ1n) is 3.74. The van der Waals surface area contributed by atoms with E-state index in [2.05, 4.69) is 5.32 Å². The minimum atomic E-state index is -1.12. The lowest BCUT2D eigenvalue weighted by Gasteiger charge is -2.31. The van der Waals surface area contributed by atoms with Crippen molar-refractivity contribution in [2.24, 2.45) is 0 Å². The van der Waals surface area contributed by atoms with E-state index in [-0.39, 0.29) is 0 Å². The number of rotatable bonds is 2. The molecule has 0 aliphatic carbocycles. The van der Waals surface area contributed by atoms with Gasteiger partial charge in [-0.3, -0.25) is 0 Å². The Morgan fingerprint density at radius 3 is 2.50 bits per heavy atom. The lowest BCUT2D eigenvalue weighted by molar-refractivity contribution is -0.113. The van der Waals surface area contributed by atoms with E-state index in [0.29, 0.717) is 12.8 Å². The standard InChI is InChI=1S/C7H11NO3S/c9-5-7(8-6(10)11)1-3-12-4-2-7/h5,8H,1-4H2,(H,10,11). The number of amides is 1. The first-order chi connectivity index (χ1) is 5.68. The summed E-state index contributed by atoms with van der Waals surface area (Å²) >= 11 is 1.75. The van der Waals surface area contributed by atoms with Crippen LogP contribution in [-0.2, 0) is 4.79 Å². The van der Waals surface area contributed by atoms with Crippen LogP contribution in [0.5, 0.6) is 0 Å². The molecule has 5 heteroatoms. The summed E-state index contributed by atoms with van der Waals surface area (Å²) in [5, 5.41) is 10.8. The average molecular weight is 189 g/mol. The van der Waals surface area contributed by atoms with Crippen LogP contribution in [0.15, 0.2) is 0 Å². The number of carbonyl (C=O) groups is 2.